The fourth-order valence-electron chi connectivity index (χ4n) is 1.34. The number of likely N-dealkylation sites (N-methyl/N-ethyl adjacent to an activating group) is 1. The highest BCUT2D eigenvalue weighted by molar-refractivity contribution is 5.25. The summed E-state index contributed by atoms with van der Waals surface area (Å²) in [7, 11) is 1.19. The van der Waals surface area contributed by atoms with Gasteiger partial charge >= 0.3 is 6.18 Å². The lowest BCUT2D eigenvalue weighted by Gasteiger charge is -2.28. The zero-order chi connectivity index (χ0) is 12.4. The van der Waals surface area contributed by atoms with Gasteiger partial charge < -0.3 is 5.32 Å². The molecule has 1 aromatic carbocycles. The van der Waals surface area contributed by atoms with Gasteiger partial charge in [0.05, 0.1) is 0 Å². The second-order valence-electron chi connectivity index (χ2n) is 3.34. The van der Waals surface area contributed by atoms with Crippen LogP contribution in [0.3, 0.4) is 0 Å². The average Bonchev–Trinajstić information content (AvgIpc) is 2.16. The van der Waals surface area contributed by atoms with E-state index in [1.54, 1.807) is 0 Å². The van der Waals surface area contributed by atoms with Crippen LogP contribution in [-0.4, -0.2) is 19.8 Å². The lowest BCUT2D eigenvalue weighted by Crippen LogP contribution is -2.45. The van der Waals surface area contributed by atoms with Crippen LogP contribution in [0.15, 0.2) is 24.3 Å². The number of alkyl halides is 4. The number of rotatable bonds is 3. The Morgan fingerprint density at radius 1 is 1.19 bits per heavy atom. The van der Waals surface area contributed by atoms with Crippen LogP contribution in [-0.2, 0) is 5.67 Å². The second-order valence-corrected chi connectivity index (χ2v) is 3.34. The standard InChI is InChI=1S/C10H10F5N/c1-16-6-9(12,10(13,14)15)7-3-2-4-8(11)5-7/h2-5,16H,6H2,1H3. The van der Waals surface area contributed by atoms with E-state index in [9.17, 15) is 22.0 Å². The van der Waals surface area contributed by atoms with Gasteiger partial charge in [0, 0.05) is 12.1 Å². The maximum Gasteiger partial charge on any atom is 0.428 e. The summed E-state index contributed by atoms with van der Waals surface area (Å²) in [4.78, 5) is 0. The Balaban J connectivity index is 3.21. The van der Waals surface area contributed by atoms with Crippen LogP contribution in [0.25, 0.3) is 0 Å². The third-order valence-corrected chi connectivity index (χ3v) is 2.15. The third kappa shape index (κ3) is 2.32. The first-order valence-corrected chi connectivity index (χ1v) is 4.47. The molecule has 1 N–H and O–H groups in total. The van der Waals surface area contributed by atoms with Crippen molar-refractivity contribution in [2.75, 3.05) is 13.6 Å². The van der Waals surface area contributed by atoms with Gasteiger partial charge in [-0.3, -0.25) is 0 Å². The molecule has 0 radical (unpaired) electrons. The predicted octanol–water partition coefficient (Wildman–Crippen LogP) is 2.77. The Kier molecular flexibility index (Phi) is 3.52. The van der Waals surface area contributed by atoms with Crippen LogP contribution in [0.1, 0.15) is 5.56 Å². The molecule has 1 rings (SSSR count). The smallest absolute Gasteiger partial charge is 0.316 e. The first-order chi connectivity index (χ1) is 7.31. The van der Waals surface area contributed by atoms with Crippen LogP contribution >= 0.6 is 0 Å². The SMILES string of the molecule is CNCC(F)(c1cccc(F)c1)C(F)(F)F. The minimum absolute atomic E-state index is 0.546. The maximum absolute atomic E-state index is 13.9. The van der Waals surface area contributed by atoms with Crippen LogP contribution < -0.4 is 5.32 Å². The summed E-state index contributed by atoms with van der Waals surface area (Å²) in [6, 6.07) is 3.46. The largest absolute Gasteiger partial charge is 0.428 e. The number of benzene rings is 1. The topological polar surface area (TPSA) is 12.0 Å². The molecule has 0 spiro atoms. The molecule has 0 saturated heterocycles. The highest BCUT2D eigenvalue weighted by atomic mass is 19.4. The molecular formula is C10H10F5N. The Hall–Kier alpha value is -1.17. The van der Waals surface area contributed by atoms with Crippen LogP contribution in [0.2, 0.25) is 0 Å². The zero-order valence-corrected chi connectivity index (χ0v) is 8.41. The molecule has 0 aliphatic heterocycles. The van der Waals surface area contributed by atoms with Crippen molar-refractivity contribution in [2.45, 2.75) is 11.8 Å². The van der Waals surface area contributed by atoms with E-state index in [0.717, 1.165) is 18.2 Å². The predicted molar refractivity (Wildman–Crippen MR) is 49.2 cm³/mol. The highest BCUT2D eigenvalue weighted by Gasteiger charge is 2.56. The van der Waals surface area contributed by atoms with E-state index in [-0.39, 0.29) is 0 Å². The van der Waals surface area contributed by atoms with Gasteiger partial charge in [-0.2, -0.15) is 13.2 Å². The van der Waals surface area contributed by atoms with E-state index in [2.05, 4.69) is 5.32 Å². The molecule has 0 amide bonds. The molecule has 1 aromatic rings. The minimum Gasteiger partial charge on any atom is -0.316 e. The number of nitrogens with one attached hydrogen (secondary N) is 1. The number of halogens is 5. The molecule has 0 fully saturated rings. The summed E-state index contributed by atoms with van der Waals surface area (Å²) in [5, 5.41) is 2.12. The van der Waals surface area contributed by atoms with E-state index in [4.69, 9.17) is 0 Å². The highest BCUT2D eigenvalue weighted by Crippen LogP contribution is 2.42. The molecule has 1 nitrogen and oxygen atoms in total. The van der Waals surface area contributed by atoms with Crippen molar-refractivity contribution in [1.29, 1.82) is 0 Å². The molecule has 6 heteroatoms. The molecule has 1 unspecified atom stereocenters. The minimum atomic E-state index is -5.09. The van der Waals surface area contributed by atoms with E-state index in [1.807, 2.05) is 0 Å². The quantitative estimate of drug-likeness (QED) is 0.800. The van der Waals surface area contributed by atoms with Crippen molar-refractivity contribution < 1.29 is 22.0 Å². The molecule has 0 saturated carbocycles. The van der Waals surface area contributed by atoms with Gasteiger partial charge in [0.1, 0.15) is 5.82 Å². The number of hydrogen-bond donors (Lipinski definition) is 1. The molecule has 16 heavy (non-hydrogen) atoms. The normalized spacial score (nSPS) is 15.9. The van der Waals surface area contributed by atoms with Crippen molar-refractivity contribution in [3.63, 3.8) is 0 Å². The molecule has 0 aromatic heterocycles. The molecule has 90 valence electrons. The van der Waals surface area contributed by atoms with Crippen LogP contribution in [0.5, 0.6) is 0 Å². The fraction of sp³-hybridized carbons (Fsp3) is 0.400. The summed E-state index contributed by atoms with van der Waals surface area (Å²) in [6.07, 6.45) is -5.09. The summed E-state index contributed by atoms with van der Waals surface area (Å²) in [5.74, 6) is -0.903. The average molecular weight is 239 g/mol. The van der Waals surface area contributed by atoms with Crippen LogP contribution in [0, 0.1) is 5.82 Å². The maximum atomic E-state index is 13.9. The third-order valence-electron chi connectivity index (χ3n) is 2.15. The van der Waals surface area contributed by atoms with Gasteiger partial charge in [0.15, 0.2) is 0 Å². The van der Waals surface area contributed by atoms with Gasteiger partial charge in [-0.05, 0) is 19.2 Å². The van der Waals surface area contributed by atoms with Gasteiger partial charge in [0.25, 0.3) is 0 Å². The molecule has 0 heterocycles. The summed E-state index contributed by atoms with van der Waals surface area (Å²) in [5.41, 5.74) is -4.32. The summed E-state index contributed by atoms with van der Waals surface area (Å²) in [6.45, 7) is -0.958. The molecule has 0 aliphatic carbocycles. The fourth-order valence-corrected chi connectivity index (χ4v) is 1.34. The van der Waals surface area contributed by atoms with Crippen molar-refractivity contribution in [2.24, 2.45) is 0 Å². The van der Waals surface area contributed by atoms with E-state index >= 15 is 0 Å². The van der Waals surface area contributed by atoms with Crippen molar-refractivity contribution in [3.8, 4) is 0 Å². The molecule has 0 aliphatic rings. The number of hydrogen-bond acceptors (Lipinski definition) is 1. The molecule has 1 atom stereocenters. The van der Waals surface area contributed by atoms with Gasteiger partial charge in [0.2, 0.25) is 5.67 Å². The Morgan fingerprint density at radius 3 is 2.25 bits per heavy atom. The Morgan fingerprint density at radius 2 is 1.81 bits per heavy atom. The van der Waals surface area contributed by atoms with Crippen molar-refractivity contribution in [3.05, 3.63) is 35.6 Å². The van der Waals surface area contributed by atoms with Crippen molar-refractivity contribution in [1.82, 2.24) is 5.32 Å². The lowest BCUT2D eigenvalue weighted by molar-refractivity contribution is -0.233. The van der Waals surface area contributed by atoms with Gasteiger partial charge in [-0.1, -0.05) is 12.1 Å². The first-order valence-electron chi connectivity index (χ1n) is 4.47. The van der Waals surface area contributed by atoms with Gasteiger partial charge in [-0.15, -0.1) is 0 Å². The van der Waals surface area contributed by atoms with E-state index in [0.29, 0.717) is 6.07 Å². The van der Waals surface area contributed by atoms with Crippen molar-refractivity contribution >= 4 is 0 Å². The lowest BCUT2D eigenvalue weighted by atomic mass is 9.95. The molecular weight excluding hydrogens is 229 g/mol. The summed E-state index contributed by atoms with van der Waals surface area (Å²) < 4.78 is 64.3. The first kappa shape index (κ1) is 12.9. The van der Waals surface area contributed by atoms with E-state index in [1.165, 1.54) is 7.05 Å². The van der Waals surface area contributed by atoms with Crippen LogP contribution in [0.4, 0.5) is 22.0 Å². The van der Waals surface area contributed by atoms with E-state index < -0.39 is 29.8 Å². The monoisotopic (exact) mass is 239 g/mol. The zero-order valence-electron chi connectivity index (χ0n) is 8.41. The Bertz CT molecular complexity index is 362. The van der Waals surface area contributed by atoms with Gasteiger partial charge in [-0.25, -0.2) is 8.78 Å². The summed E-state index contributed by atoms with van der Waals surface area (Å²) >= 11 is 0. The second kappa shape index (κ2) is 4.37. The Labute approximate surface area is 89.3 Å². The molecule has 0 bridgehead atoms.